The van der Waals surface area contributed by atoms with E-state index in [0.717, 1.165) is 49.4 Å². The highest BCUT2D eigenvalue weighted by Crippen LogP contribution is 2.22. The van der Waals surface area contributed by atoms with Crippen LogP contribution >= 0.6 is 0 Å². The zero-order valence-electron chi connectivity index (χ0n) is 17.1. The van der Waals surface area contributed by atoms with Gasteiger partial charge in [-0.25, -0.2) is 13.1 Å². The Morgan fingerprint density at radius 2 is 2.03 bits per heavy atom. The molecule has 0 amide bonds. The van der Waals surface area contributed by atoms with Gasteiger partial charge in [-0.05, 0) is 49.6 Å². The number of furan rings is 1. The van der Waals surface area contributed by atoms with Crippen LogP contribution in [0.4, 0.5) is 0 Å². The zero-order valence-corrected chi connectivity index (χ0v) is 17.9. The number of piperidine rings is 1. The van der Waals surface area contributed by atoms with Gasteiger partial charge in [0.25, 0.3) is 0 Å². The lowest BCUT2D eigenvalue weighted by Crippen LogP contribution is -2.40. The Bertz CT molecular complexity index is 1090. The molecule has 7 nitrogen and oxygen atoms in total. The van der Waals surface area contributed by atoms with E-state index in [4.69, 9.17) is 9.15 Å². The molecule has 1 unspecified atom stereocenters. The normalized spacial score (nSPS) is 18.1. The van der Waals surface area contributed by atoms with Gasteiger partial charge in [0, 0.05) is 31.8 Å². The van der Waals surface area contributed by atoms with Crippen LogP contribution in [0.1, 0.15) is 24.4 Å². The molecule has 1 fully saturated rings. The predicted molar refractivity (Wildman–Crippen MR) is 114 cm³/mol. The molecule has 4 rings (SSSR count). The van der Waals surface area contributed by atoms with Crippen LogP contribution in [0.25, 0.3) is 10.9 Å². The lowest BCUT2D eigenvalue weighted by Gasteiger charge is -2.32. The van der Waals surface area contributed by atoms with Crippen LogP contribution in [0, 0.1) is 5.92 Å². The maximum absolute atomic E-state index is 12.9. The van der Waals surface area contributed by atoms with Crippen molar-refractivity contribution in [2.24, 2.45) is 5.92 Å². The fraction of sp³-hybridized carbons (Fsp3) is 0.409. The maximum atomic E-state index is 12.9. The monoisotopic (exact) mass is 429 g/mol. The molecule has 3 aromatic rings. The number of methoxy groups -OCH3 is 1. The summed E-state index contributed by atoms with van der Waals surface area (Å²) in [4.78, 5) is 6.82. The van der Waals surface area contributed by atoms with E-state index < -0.39 is 10.0 Å². The lowest BCUT2D eigenvalue weighted by atomic mass is 9.98. The first-order valence-electron chi connectivity index (χ1n) is 10.2. The van der Waals surface area contributed by atoms with E-state index in [0.29, 0.717) is 18.7 Å². The van der Waals surface area contributed by atoms with Crippen molar-refractivity contribution in [1.82, 2.24) is 14.6 Å². The molecule has 0 spiro atoms. The smallest absolute Gasteiger partial charge is 0.242 e. The summed E-state index contributed by atoms with van der Waals surface area (Å²) in [5, 5.41) is 0.815. The largest absolute Gasteiger partial charge is 0.462 e. The van der Waals surface area contributed by atoms with Crippen molar-refractivity contribution in [3.05, 3.63) is 60.2 Å². The molecule has 160 valence electrons. The van der Waals surface area contributed by atoms with Crippen LogP contribution in [0.3, 0.4) is 0 Å². The number of fused-ring (bicyclic) bond motifs is 1. The summed E-state index contributed by atoms with van der Waals surface area (Å²) in [6.07, 6.45) is 3.65. The van der Waals surface area contributed by atoms with Gasteiger partial charge in [-0.15, -0.1) is 0 Å². The SMILES string of the molecule is COCc1ccc(CN2CCCC(CNS(=O)(=O)c3cccc4cccnc34)C2)o1. The summed E-state index contributed by atoms with van der Waals surface area (Å²) < 4.78 is 39.6. The Morgan fingerprint density at radius 3 is 2.90 bits per heavy atom. The highest BCUT2D eigenvalue weighted by molar-refractivity contribution is 7.89. The number of pyridine rings is 1. The fourth-order valence-electron chi connectivity index (χ4n) is 4.01. The Balaban J connectivity index is 1.38. The van der Waals surface area contributed by atoms with Crippen molar-refractivity contribution < 1.29 is 17.6 Å². The zero-order chi connectivity index (χ0) is 21.0. The van der Waals surface area contributed by atoms with Gasteiger partial charge in [0.05, 0.1) is 12.1 Å². The molecule has 1 aromatic carbocycles. The van der Waals surface area contributed by atoms with E-state index in [1.54, 1.807) is 31.5 Å². The van der Waals surface area contributed by atoms with Crippen molar-refractivity contribution in [3.8, 4) is 0 Å². The molecule has 8 heteroatoms. The predicted octanol–water partition coefficient (Wildman–Crippen LogP) is 3.16. The first-order chi connectivity index (χ1) is 14.5. The molecule has 0 aliphatic carbocycles. The fourth-order valence-corrected chi connectivity index (χ4v) is 5.30. The van der Waals surface area contributed by atoms with Gasteiger partial charge in [0.15, 0.2) is 0 Å². The topological polar surface area (TPSA) is 84.7 Å². The number of benzene rings is 1. The van der Waals surface area contributed by atoms with Crippen LogP contribution in [0.15, 0.2) is 58.0 Å². The molecular weight excluding hydrogens is 402 g/mol. The molecule has 0 radical (unpaired) electrons. The van der Waals surface area contributed by atoms with Crippen LogP contribution in [-0.4, -0.2) is 45.0 Å². The van der Waals surface area contributed by atoms with Crippen LogP contribution < -0.4 is 4.72 Å². The number of sulfonamides is 1. The molecule has 1 aliphatic rings. The standard InChI is InChI=1S/C22H27N3O4S/c1-28-16-20-10-9-19(29-20)15-25-12-4-5-17(14-25)13-24-30(26,27)21-8-2-6-18-7-3-11-23-22(18)21/h2-3,6-11,17,24H,4-5,12-16H2,1H3. The molecule has 1 atom stereocenters. The second-order valence-electron chi connectivity index (χ2n) is 7.73. The van der Waals surface area contributed by atoms with E-state index in [1.165, 1.54) is 0 Å². The van der Waals surface area contributed by atoms with Crippen LogP contribution in [-0.2, 0) is 27.9 Å². The minimum absolute atomic E-state index is 0.231. The quantitative estimate of drug-likeness (QED) is 0.592. The molecule has 3 heterocycles. The number of nitrogens with one attached hydrogen (secondary N) is 1. The van der Waals surface area contributed by atoms with Crippen molar-refractivity contribution in [2.45, 2.75) is 30.9 Å². The average molecular weight is 430 g/mol. The van der Waals surface area contributed by atoms with Gasteiger partial charge in [-0.3, -0.25) is 9.88 Å². The second-order valence-corrected chi connectivity index (χ2v) is 9.46. The van der Waals surface area contributed by atoms with Crippen molar-refractivity contribution >= 4 is 20.9 Å². The number of aromatic nitrogens is 1. The van der Waals surface area contributed by atoms with Gasteiger partial charge in [-0.2, -0.15) is 0 Å². The number of para-hydroxylation sites is 1. The molecule has 1 saturated heterocycles. The lowest BCUT2D eigenvalue weighted by molar-refractivity contribution is 0.144. The summed E-state index contributed by atoms with van der Waals surface area (Å²) >= 11 is 0. The molecule has 0 saturated carbocycles. The third kappa shape index (κ3) is 4.89. The van der Waals surface area contributed by atoms with Crippen molar-refractivity contribution in [3.63, 3.8) is 0 Å². The first kappa shape index (κ1) is 21.0. The Hall–Kier alpha value is -2.26. The van der Waals surface area contributed by atoms with Gasteiger partial charge >= 0.3 is 0 Å². The third-order valence-corrected chi connectivity index (χ3v) is 6.89. The number of nitrogens with zero attached hydrogens (tertiary/aromatic N) is 2. The van der Waals surface area contributed by atoms with Crippen LogP contribution in [0.2, 0.25) is 0 Å². The maximum Gasteiger partial charge on any atom is 0.242 e. The highest BCUT2D eigenvalue weighted by atomic mass is 32.2. The summed E-state index contributed by atoms with van der Waals surface area (Å²) in [6, 6.07) is 12.8. The molecule has 2 aromatic heterocycles. The summed E-state index contributed by atoms with van der Waals surface area (Å²) in [6.45, 7) is 3.41. The molecule has 1 aliphatic heterocycles. The second kappa shape index (κ2) is 9.26. The van der Waals surface area contributed by atoms with Gasteiger partial charge in [0.2, 0.25) is 10.0 Å². The highest BCUT2D eigenvalue weighted by Gasteiger charge is 2.24. The van der Waals surface area contributed by atoms with Crippen molar-refractivity contribution in [1.29, 1.82) is 0 Å². The third-order valence-electron chi connectivity index (χ3n) is 5.43. The van der Waals surface area contributed by atoms with E-state index in [-0.39, 0.29) is 10.8 Å². The number of hydrogen-bond acceptors (Lipinski definition) is 6. The van der Waals surface area contributed by atoms with Gasteiger partial charge in [0.1, 0.15) is 23.0 Å². The summed E-state index contributed by atoms with van der Waals surface area (Å²) in [5.74, 6) is 1.98. The number of hydrogen-bond donors (Lipinski definition) is 1. The molecule has 30 heavy (non-hydrogen) atoms. The Labute approximate surface area is 177 Å². The van der Waals surface area contributed by atoms with Gasteiger partial charge < -0.3 is 9.15 Å². The van der Waals surface area contributed by atoms with E-state index in [9.17, 15) is 8.42 Å². The Morgan fingerprint density at radius 1 is 1.20 bits per heavy atom. The Kier molecular flexibility index (Phi) is 6.48. The molecule has 1 N–H and O–H groups in total. The molecular formula is C22H27N3O4S. The average Bonchev–Trinajstić information content (AvgIpc) is 3.19. The number of ether oxygens (including phenoxy) is 1. The molecule has 0 bridgehead atoms. The summed E-state index contributed by atoms with van der Waals surface area (Å²) in [7, 11) is -1.98. The first-order valence-corrected chi connectivity index (χ1v) is 11.7. The number of likely N-dealkylation sites (tertiary alicyclic amines) is 1. The van der Waals surface area contributed by atoms with Gasteiger partial charge in [-0.1, -0.05) is 18.2 Å². The van der Waals surface area contributed by atoms with Crippen LogP contribution in [0.5, 0.6) is 0 Å². The van der Waals surface area contributed by atoms with E-state index in [1.807, 2.05) is 24.3 Å². The van der Waals surface area contributed by atoms with E-state index >= 15 is 0 Å². The summed E-state index contributed by atoms with van der Waals surface area (Å²) in [5.41, 5.74) is 0.502. The van der Waals surface area contributed by atoms with Crippen molar-refractivity contribution in [2.75, 3.05) is 26.7 Å². The minimum Gasteiger partial charge on any atom is -0.462 e. The minimum atomic E-state index is -3.63. The number of rotatable bonds is 8. The van der Waals surface area contributed by atoms with E-state index in [2.05, 4.69) is 14.6 Å².